The normalized spacial score (nSPS) is 11.4. The molecule has 35 heavy (non-hydrogen) atoms. The summed E-state index contributed by atoms with van der Waals surface area (Å²) < 4.78 is 0. The molecular weight excluding hydrogens is 464 g/mol. The van der Waals surface area contributed by atoms with Crippen molar-refractivity contribution in [3.63, 3.8) is 0 Å². The molecule has 0 spiro atoms. The number of amides is 1. The van der Waals surface area contributed by atoms with Crippen LogP contribution in [0, 0.1) is 5.92 Å². The van der Waals surface area contributed by atoms with E-state index in [1.807, 2.05) is 0 Å². The Hall–Kier alpha value is -1.63. The van der Waals surface area contributed by atoms with Crippen molar-refractivity contribution in [2.24, 2.45) is 22.4 Å². The zero-order chi connectivity index (χ0) is 25.4. The van der Waals surface area contributed by atoms with E-state index in [1.165, 1.54) is 51.4 Å². The van der Waals surface area contributed by atoms with Crippen LogP contribution >= 0.6 is 12.4 Å². The van der Waals surface area contributed by atoms with E-state index >= 15 is 0 Å². The molecule has 5 N–H and O–H groups in total. The molecule has 0 aliphatic rings. The number of halogens is 1. The maximum atomic E-state index is 12.7. The summed E-state index contributed by atoms with van der Waals surface area (Å²) in [5.41, 5.74) is 10.7. The lowest BCUT2D eigenvalue weighted by atomic mass is 9.93. The van der Waals surface area contributed by atoms with Gasteiger partial charge in [-0.15, -0.1) is 12.4 Å². The summed E-state index contributed by atoms with van der Waals surface area (Å²) in [6, 6.07) is 0. The zero-order valence-corrected chi connectivity index (χ0v) is 23.3. The molecule has 7 nitrogen and oxygen atoms in total. The van der Waals surface area contributed by atoms with Crippen LogP contribution < -0.4 is 16.8 Å². The molecule has 0 saturated heterocycles. The van der Waals surface area contributed by atoms with E-state index in [0.717, 1.165) is 38.5 Å². The molecule has 0 unspecified atom stereocenters. The van der Waals surface area contributed by atoms with E-state index in [1.54, 1.807) is 0 Å². The number of hydrogen-bond donors (Lipinski definition) is 3. The van der Waals surface area contributed by atoms with Crippen LogP contribution in [0.3, 0.4) is 0 Å². The predicted molar refractivity (Wildman–Crippen MR) is 149 cm³/mol. The Balaban J connectivity index is 0. The van der Waals surface area contributed by atoms with Gasteiger partial charge in [0, 0.05) is 31.8 Å². The Morgan fingerprint density at radius 1 is 0.714 bits per heavy atom. The highest BCUT2D eigenvalue weighted by atomic mass is 35.5. The van der Waals surface area contributed by atoms with Crippen molar-refractivity contribution in [1.29, 1.82) is 0 Å². The summed E-state index contributed by atoms with van der Waals surface area (Å²) in [6.07, 6.45) is 17.6. The second kappa shape index (κ2) is 25.5. The number of carbonyl (C=O) groups excluding carboxylic acids is 3. The van der Waals surface area contributed by atoms with E-state index in [9.17, 15) is 14.4 Å². The van der Waals surface area contributed by atoms with Crippen LogP contribution in [-0.4, -0.2) is 36.5 Å². The minimum absolute atomic E-state index is 0. The van der Waals surface area contributed by atoms with Gasteiger partial charge in [-0.2, -0.15) is 0 Å². The lowest BCUT2D eigenvalue weighted by Crippen LogP contribution is -2.34. The highest BCUT2D eigenvalue weighted by Crippen LogP contribution is 2.15. The van der Waals surface area contributed by atoms with Gasteiger partial charge in [0.05, 0.1) is 0 Å². The van der Waals surface area contributed by atoms with Gasteiger partial charge in [-0.25, -0.2) is 0 Å². The first-order chi connectivity index (χ1) is 16.4. The average molecular weight is 517 g/mol. The van der Waals surface area contributed by atoms with Crippen molar-refractivity contribution in [2.45, 2.75) is 129 Å². The molecular formula is C27H53ClN4O3. The highest BCUT2D eigenvalue weighted by molar-refractivity contribution is 6.37. The zero-order valence-electron chi connectivity index (χ0n) is 22.5. The highest BCUT2D eigenvalue weighted by Gasteiger charge is 2.24. The molecule has 1 amide bonds. The molecule has 0 fully saturated rings. The van der Waals surface area contributed by atoms with Gasteiger partial charge in [-0.05, 0) is 25.7 Å². The molecule has 0 saturated carbocycles. The van der Waals surface area contributed by atoms with Gasteiger partial charge in [-0.3, -0.25) is 19.4 Å². The van der Waals surface area contributed by atoms with E-state index in [-0.39, 0.29) is 42.9 Å². The topological polar surface area (TPSA) is 128 Å². The average Bonchev–Trinajstić information content (AvgIpc) is 2.81. The van der Waals surface area contributed by atoms with Crippen LogP contribution in [0.1, 0.15) is 129 Å². The van der Waals surface area contributed by atoms with Gasteiger partial charge in [-0.1, -0.05) is 90.9 Å². The summed E-state index contributed by atoms with van der Waals surface area (Å²) in [5, 5.41) is 2.97. The van der Waals surface area contributed by atoms with Crippen molar-refractivity contribution in [1.82, 2.24) is 5.32 Å². The molecule has 0 radical (unpaired) electrons. The Bertz CT molecular complexity index is 581. The van der Waals surface area contributed by atoms with E-state index in [2.05, 4.69) is 24.2 Å². The van der Waals surface area contributed by atoms with Gasteiger partial charge in [0.1, 0.15) is 0 Å². The molecule has 1 atom stereocenters. The minimum atomic E-state index is -0.510. The Kier molecular flexibility index (Phi) is 25.8. The fraction of sp³-hybridized carbons (Fsp3) is 0.852. The van der Waals surface area contributed by atoms with Gasteiger partial charge < -0.3 is 16.8 Å². The first-order valence-electron chi connectivity index (χ1n) is 13.8. The van der Waals surface area contributed by atoms with Crippen molar-refractivity contribution < 1.29 is 14.4 Å². The number of aliphatic imine (C=N–C) groups is 1. The fourth-order valence-electron chi connectivity index (χ4n) is 4.03. The largest absolute Gasteiger partial charge is 0.370 e. The summed E-state index contributed by atoms with van der Waals surface area (Å²) in [6.45, 7) is 5.36. The number of hydrogen-bond acceptors (Lipinski definition) is 4. The van der Waals surface area contributed by atoms with Gasteiger partial charge in [0.25, 0.3) is 0 Å². The van der Waals surface area contributed by atoms with Crippen molar-refractivity contribution >= 4 is 35.8 Å². The van der Waals surface area contributed by atoms with Crippen LogP contribution in [0.25, 0.3) is 0 Å². The monoisotopic (exact) mass is 516 g/mol. The molecule has 0 aliphatic carbocycles. The van der Waals surface area contributed by atoms with E-state index < -0.39 is 11.7 Å². The number of nitrogens with zero attached hydrogens (tertiary/aromatic N) is 1. The minimum Gasteiger partial charge on any atom is -0.370 e. The van der Waals surface area contributed by atoms with Crippen molar-refractivity contribution in [3.05, 3.63) is 0 Å². The number of guanidine groups is 1. The predicted octanol–water partition coefficient (Wildman–Crippen LogP) is 5.61. The first-order valence-corrected chi connectivity index (χ1v) is 13.8. The van der Waals surface area contributed by atoms with Crippen LogP contribution in [0.15, 0.2) is 4.99 Å². The first kappa shape index (κ1) is 35.5. The van der Waals surface area contributed by atoms with Crippen LogP contribution in [0.2, 0.25) is 0 Å². The number of ketones is 2. The third kappa shape index (κ3) is 22.6. The van der Waals surface area contributed by atoms with Crippen LogP contribution in [0.4, 0.5) is 0 Å². The third-order valence-electron chi connectivity index (χ3n) is 6.21. The number of rotatable bonds is 24. The molecule has 8 heteroatoms. The number of nitrogens with one attached hydrogen (secondary N) is 1. The molecule has 206 valence electrons. The molecule has 0 aromatic heterocycles. The number of Topliss-reactive ketones (excluding diaryl/α,β-unsaturated/α-hetero) is 2. The standard InChI is InChI=1S/C27H52N4O3.ClH/c1-3-5-7-9-10-11-12-13-14-16-20-30-26(34)23(18-17-21-31-27(28)29)22-25(33)24(32)19-15-8-6-4-2;/h23H,3-22H2,1-2H3,(H,30,34)(H4,28,29,31);1H/t23-;/m1./s1. The number of carbonyl (C=O) groups is 3. The van der Waals surface area contributed by atoms with E-state index in [4.69, 9.17) is 11.5 Å². The Labute approximate surface area is 220 Å². The lowest BCUT2D eigenvalue weighted by Gasteiger charge is -2.16. The van der Waals surface area contributed by atoms with Crippen molar-refractivity contribution in [3.8, 4) is 0 Å². The fourth-order valence-corrected chi connectivity index (χ4v) is 4.03. The molecule has 0 bridgehead atoms. The summed E-state index contributed by atoms with van der Waals surface area (Å²) in [7, 11) is 0. The SMILES string of the molecule is CCCCCCCCCCCCNC(=O)[C@H](CCCN=C(N)N)CC(=O)C(=O)CCCCCC.Cl. The molecule has 0 heterocycles. The number of nitrogens with two attached hydrogens (primary N) is 2. The van der Waals surface area contributed by atoms with Crippen LogP contribution in [-0.2, 0) is 14.4 Å². The van der Waals surface area contributed by atoms with Crippen LogP contribution in [0.5, 0.6) is 0 Å². The number of unbranched alkanes of at least 4 members (excludes halogenated alkanes) is 12. The third-order valence-corrected chi connectivity index (χ3v) is 6.21. The Morgan fingerprint density at radius 2 is 1.23 bits per heavy atom. The summed E-state index contributed by atoms with van der Waals surface area (Å²) in [4.78, 5) is 41.3. The lowest BCUT2D eigenvalue weighted by molar-refractivity contribution is -0.138. The molecule has 0 aliphatic heterocycles. The van der Waals surface area contributed by atoms with Gasteiger partial charge >= 0.3 is 0 Å². The second-order valence-corrected chi connectivity index (χ2v) is 9.48. The molecule has 0 rings (SSSR count). The summed E-state index contributed by atoms with van der Waals surface area (Å²) >= 11 is 0. The maximum Gasteiger partial charge on any atom is 0.223 e. The molecule has 0 aromatic carbocycles. The van der Waals surface area contributed by atoms with Gasteiger partial charge in [0.2, 0.25) is 5.91 Å². The second-order valence-electron chi connectivity index (χ2n) is 9.48. The van der Waals surface area contributed by atoms with Crippen molar-refractivity contribution in [2.75, 3.05) is 13.1 Å². The smallest absolute Gasteiger partial charge is 0.223 e. The maximum absolute atomic E-state index is 12.7. The Morgan fingerprint density at radius 3 is 1.77 bits per heavy atom. The van der Waals surface area contributed by atoms with Gasteiger partial charge in [0.15, 0.2) is 17.5 Å². The molecule has 0 aromatic rings. The quantitative estimate of drug-likeness (QED) is 0.0664. The van der Waals surface area contributed by atoms with E-state index in [0.29, 0.717) is 25.9 Å². The summed E-state index contributed by atoms with van der Waals surface area (Å²) in [5.74, 6) is -1.43.